The molecule has 1 aromatic rings. The van der Waals surface area contributed by atoms with Gasteiger partial charge in [-0.3, -0.25) is 14.5 Å². The second-order valence-electron chi connectivity index (χ2n) is 6.18. The number of carbonyl (C=O) groups is 2. The molecule has 4 rings (SSSR count). The Kier molecular flexibility index (Phi) is 3.81. The number of nitrogens with zero attached hydrogens (tertiary/aromatic N) is 1. The Labute approximate surface area is 125 Å². The van der Waals surface area contributed by atoms with Gasteiger partial charge in [-0.2, -0.15) is 0 Å². The third kappa shape index (κ3) is 2.48. The van der Waals surface area contributed by atoms with Gasteiger partial charge >= 0.3 is 0 Å². The summed E-state index contributed by atoms with van der Waals surface area (Å²) in [5.41, 5.74) is 6.95. The zero-order valence-corrected chi connectivity index (χ0v) is 12.4. The minimum Gasteiger partial charge on any atom is -0.366 e. The van der Waals surface area contributed by atoms with E-state index in [-0.39, 0.29) is 12.0 Å². The molecule has 4 heteroatoms. The van der Waals surface area contributed by atoms with E-state index in [1.54, 1.807) is 12.1 Å². The molecule has 2 aliphatic heterocycles. The van der Waals surface area contributed by atoms with Crippen molar-refractivity contribution in [1.82, 2.24) is 4.90 Å². The maximum Gasteiger partial charge on any atom is 0.248 e. The summed E-state index contributed by atoms with van der Waals surface area (Å²) in [5, 5.41) is 0. The molecule has 0 aromatic heterocycles. The van der Waals surface area contributed by atoms with E-state index in [1.165, 1.54) is 0 Å². The van der Waals surface area contributed by atoms with Gasteiger partial charge < -0.3 is 5.73 Å². The van der Waals surface area contributed by atoms with Crippen LogP contribution < -0.4 is 5.73 Å². The molecule has 21 heavy (non-hydrogen) atoms. The fraction of sp³-hybridized carbons (Fsp3) is 0.529. The third-order valence-corrected chi connectivity index (χ3v) is 4.89. The highest BCUT2D eigenvalue weighted by Gasteiger charge is 2.46. The fourth-order valence-corrected chi connectivity index (χ4v) is 3.94. The van der Waals surface area contributed by atoms with Crippen LogP contribution >= 0.6 is 0 Å². The second-order valence-corrected chi connectivity index (χ2v) is 6.18. The number of hydrogen-bond acceptors (Lipinski definition) is 3. The van der Waals surface area contributed by atoms with Crippen LogP contribution in [-0.4, -0.2) is 29.2 Å². The Morgan fingerprint density at radius 1 is 1.29 bits per heavy atom. The van der Waals surface area contributed by atoms with E-state index in [1.807, 2.05) is 12.1 Å². The van der Waals surface area contributed by atoms with Gasteiger partial charge in [-0.05, 0) is 43.5 Å². The summed E-state index contributed by atoms with van der Waals surface area (Å²) in [7, 11) is 0. The molecule has 1 aromatic carbocycles. The summed E-state index contributed by atoms with van der Waals surface area (Å²) >= 11 is 0. The van der Waals surface area contributed by atoms with Crippen molar-refractivity contribution in [3.05, 3.63) is 35.4 Å². The molecule has 3 fully saturated rings. The molecular formula is C17H22N2O2. The maximum absolute atomic E-state index is 12.3. The lowest BCUT2D eigenvalue weighted by atomic mass is 9.71. The van der Waals surface area contributed by atoms with Crippen molar-refractivity contribution in [3.8, 4) is 0 Å². The summed E-state index contributed by atoms with van der Waals surface area (Å²) in [6.45, 7) is 3.20. The highest BCUT2D eigenvalue weighted by atomic mass is 16.1. The molecule has 2 heterocycles. The van der Waals surface area contributed by atoms with Crippen molar-refractivity contribution in [2.24, 2.45) is 11.7 Å². The topological polar surface area (TPSA) is 63.4 Å². The van der Waals surface area contributed by atoms with Crippen LogP contribution in [0.15, 0.2) is 24.3 Å². The van der Waals surface area contributed by atoms with Crippen LogP contribution in [0.25, 0.3) is 0 Å². The minimum absolute atomic E-state index is 0.112. The Morgan fingerprint density at radius 3 is 2.57 bits per heavy atom. The molecule has 3 aliphatic rings. The first-order valence-electron chi connectivity index (χ1n) is 7.80. The summed E-state index contributed by atoms with van der Waals surface area (Å²) in [4.78, 5) is 26.0. The van der Waals surface area contributed by atoms with Crippen molar-refractivity contribution in [2.45, 2.75) is 44.7 Å². The average molecular weight is 286 g/mol. The van der Waals surface area contributed by atoms with Crippen LogP contribution in [0.4, 0.5) is 0 Å². The number of hydrogen-bond donors (Lipinski definition) is 1. The van der Waals surface area contributed by atoms with E-state index in [2.05, 4.69) is 11.8 Å². The number of piperidine rings is 2. The van der Waals surface area contributed by atoms with Gasteiger partial charge in [0.25, 0.3) is 0 Å². The largest absolute Gasteiger partial charge is 0.366 e. The summed E-state index contributed by atoms with van der Waals surface area (Å²) in [6.07, 6.45) is 3.92. The minimum atomic E-state index is -0.409. The molecular weight excluding hydrogens is 264 g/mol. The zero-order chi connectivity index (χ0) is 15.0. The van der Waals surface area contributed by atoms with E-state index in [0.29, 0.717) is 23.8 Å². The smallest absolute Gasteiger partial charge is 0.248 e. The molecule has 2 saturated heterocycles. The molecule has 1 saturated carbocycles. The lowest BCUT2D eigenvalue weighted by Gasteiger charge is -2.50. The predicted molar refractivity (Wildman–Crippen MR) is 80.8 cm³/mol. The molecule has 2 bridgehead atoms. The SMILES string of the molecule is CCCN1C2CCC(C(=O)C2)C1c1ccc(C(N)=O)cc1. The first-order chi connectivity index (χ1) is 10.1. The van der Waals surface area contributed by atoms with Gasteiger partial charge in [0.05, 0.1) is 0 Å². The van der Waals surface area contributed by atoms with Crippen molar-refractivity contribution >= 4 is 11.7 Å². The first-order valence-corrected chi connectivity index (χ1v) is 7.80. The lowest BCUT2D eigenvalue weighted by Crippen LogP contribution is -2.54. The van der Waals surface area contributed by atoms with E-state index >= 15 is 0 Å². The van der Waals surface area contributed by atoms with Gasteiger partial charge in [0.1, 0.15) is 5.78 Å². The van der Waals surface area contributed by atoms with E-state index in [0.717, 1.165) is 31.4 Å². The summed E-state index contributed by atoms with van der Waals surface area (Å²) in [5.74, 6) is 0.108. The number of ketones is 1. The van der Waals surface area contributed by atoms with E-state index < -0.39 is 5.91 Å². The van der Waals surface area contributed by atoms with Crippen LogP contribution in [-0.2, 0) is 4.79 Å². The van der Waals surface area contributed by atoms with Crippen LogP contribution in [0.5, 0.6) is 0 Å². The van der Waals surface area contributed by atoms with Crippen LogP contribution in [0, 0.1) is 5.92 Å². The first kappa shape index (κ1) is 14.3. The fourth-order valence-electron chi connectivity index (χ4n) is 3.94. The monoisotopic (exact) mass is 286 g/mol. The summed E-state index contributed by atoms with van der Waals surface area (Å²) < 4.78 is 0. The number of Topliss-reactive ketones (excluding diaryl/α,β-unsaturated/α-hetero) is 1. The molecule has 0 radical (unpaired) electrons. The number of benzene rings is 1. The Bertz CT molecular complexity index is 552. The molecule has 2 N–H and O–H groups in total. The molecule has 112 valence electrons. The van der Waals surface area contributed by atoms with Gasteiger partial charge in [-0.25, -0.2) is 0 Å². The predicted octanol–water partition coefficient (Wildman–Crippen LogP) is 2.29. The molecule has 4 nitrogen and oxygen atoms in total. The summed E-state index contributed by atoms with van der Waals surface area (Å²) in [6, 6.07) is 8.03. The van der Waals surface area contributed by atoms with Gasteiger partial charge in [0, 0.05) is 30.0 Å². The lowest BCUT2D eigenvalue weighted by molar-refractivity contribution is -0.138. The van der Waals surface area contributed by atoms with E-state index in [9.17, 15) is 9.59 Å². The normalized spacial score (nSPS) is 28.8. The number of fused-ring (bicyclic) bond motifs is 3. The Morgan fingerprint density at radius 2 is 2.00 bits per heavy atom. The van der Waals surface area contributed by atoms with Gasteiger partial charge in [-0.1, -0.05) is 19.1 Å². The number of primary amides is 1. The van der Waals surface area contributed by atoms with E-state index in [4.69, 9.17) is 5.73 Å². The number of nitrogens with two attached hydrogens (primary N) is 1. The number of rotatable bonds is 4. The number of carbonyl (C=O) groups excluding carboxylic acids is 2. The maximum atomic E-state index is 12.3. The van der Waals surface area contributed by atoms with Crippen molar-refractivity contribution in [2.75, 3.05) is 6.54 Å². The van der Waals surface area contributed by atoms with Gasteiger partial charge in [0.15, 0.2) is 0 Å². The molecule has 1 amide bonds. The Balaban J connectivity index is 1.93. The van der Waals surface area contributed by atoms with Crippen LogP contribution in [0.2, 0.25) is 0 Å². The van der Waals surface area contributed by atoms with Crippen molar-refractivity contribution in [3.63, 3.8) is 0 Å². The van der Waals surface area contributed by atoms with Crippen molar-refractivity contribution in [1.29, 1.82) is 0 Å². The molecule has 1 aliphatic carbocycles. The standard InChI is InChI=1S/C17H22N2O2/c1-2-9-19-13-7-8-14(15(20)10-13)16(19)11-3-5-12(6-4-11)17(18)21/h3-6,13-14,16H,2,7-10H2,1H3,(H2,18,21). The number of amides is 1. The van der Waals surface area contributed by atoms with Gasteiger partial charge in [0.2, 0.25) is 5.91 Å². The zero-order valence-electron chi connectivity index (χ0n) is 12.4. The quantitative estimate of drug-likeness (QED) is 0.923. The highest BCUT2D eigenvalue weighted by Crippen LogP contribution is 2.45. The third-order valence-electron chi connectivity index (χ3n) is 4.89. The molecule has 3 unspecified atom stereocenters. The van der Waals surface area contributed by atoms with Crippen LogP contribution in [0.3, 0.4) is 0 Å². The average Bonchev–Trinajstić information content (AvgIpc) is 2.49. The molecule has 3 atom stereocenters. The van der Waals surface area contributed by atoms with Gasteiger partial charge in [-0.15, -0.1) is 0 Å². The Hall–Kier alpha value is -1.68. The second kappa shape index (κ2) is 5.60. The highest BCUT2D eigenvalue weighted by molar-refractivity contribution is 5.92. The van der Waals surface area contributed by atoms with Crippen LogP contribution in [0.1, 0.15) is 54.6 Å². The van der Waals surface area contributed by atoms with Crippen molar-refractivity contribution < 1.29 is 9.59 Å². The molecule has 0 spiro atoms.